The molecule has 3 heterocycles. The summed E-state index contributed by atoms with van der Waals surface area (Å²) in [6.45, 7) is 3.54. The normalized spacial score (nSPS) is 27.3. The number of aromatic nitrogens is 2. The molecular weight excluding hydrogens is 354 g/mol. The van der Waals surface area contributed by atoms with E-state index in [0.29, 0.717) is 38.4 Å². The van der Waals surface area contributed by atoms with Crippen LogP contribution < -0.4 is 4.90 Å². The lowest BCUT2D eigenvalue weighted by Gasteiger charge is -2.34. The van der Waals surface area contributed by atoms with Gasteiger partial charge in [-0.3, -0.25) is 0 Å². The number of rotatable bonds is 3. The van der Waals surface area contributed by atoms with Gasteiger partial charge in [-0.25, -0.2) is 26.8 Å². The number of morpholine rings is 1. The zero-order valence-electron chi connectivity index (χ0n) is 13.7. The Kier molecular flexibility index (Phi) is 4.56. The molecule has 10 heteroatoms. The van der Waals surface area contributed by atoms with Crippen LogP contribution in [0.5, 0.6) is 0 Å². The van der Waals surface area contributed by atoms with Crippen LogP contribution in [0.4, 0.5) is 5.82 Å². The van der Waals surface area contributed by atoms with Gasteiger partial charge in [-0.05, 0) is 19.8 Å². The van der Waals surface area contributed by atoms with Crippen molar-refractivity contribution in [3.05, 3.63) is 11.8 Å². The topological polar surface area (TPSA) is 107 Å². The van der Waals surface area contributed by atoms with Crippen molar-refractivity contribution in [1.82, 2.24) is 9.97 Å². The quantitative estimate of drug-likeness (QED) is 0.697. The summed E-state index contributed by atoms with van der Waals surface area (Å²) in [5.74, 6) is 0.553. The van der Waals surface area contributed by atoms with Crippen molar-refractivity contribution in [3.63, 3.8) is 0 Å². The van der Waals surface area contributed by atoms with E-state index in [1.807, 2.05) is 11.8 Å². The summed E-state index contributed by atoms with van der Waals surface area (Å²) < 4.78 is 53.8. The summed E-state index contributed by atoms with van der Waals surface area (Å²) in [5, 5.41) is -1.08. The maximum absolute atomic E-state index is 12.2. The van der Waals surface area contributed by atoms with Gasteiger partial charge >= 0.3 is 0 Å². The van der Waals surface area contributed by atoms with E-state index in [0.717, 1.165) is 6.26 Å². The molecule has 2 atom stereocenters. The molecule has 0 radical (unpaired) electrons. The minimum atomic E-state index is -3.65. The fourth-order valence-corrected chi connectivity index (χ4v) is 5.50. The van der Waals surface area contributed by atoms with Crippen LogP contribution in [0.15, 0.2) is 11.2 Å². The number of hydrogen-bond donors (Lipinski definition) is 0. The molecule has 3 rings (SSSR count). The first kappa shape index (κ1) is 17.6. The number of sulfone groups is 2. The van der Waals surface area contributed by atoms with Crippen molar-refractivity contribution in [3.8, 4) is 0 Å². The average Bonchev–Trinajstić information content (AvgIpc) is 2.86. The van der Waals surface area contributed by atoms with Gasteiger partial charge in [0.25, 0.3) is 0 Å². The van der Waals surface area contributed by atoms with Gasteiger partial charge in [0.05, 0.1) is 30.7 Å². The van der Waals surface area contributed by atoms with Gasteiger partial charge in [0.1, 0.15) is 11.1 Å². The predicted molar refractivity (Wildman–Crippen MR) is 88.5 cm³/mol. The summed E-state index contributed by atoms with van der Waals surface area (Å²) in [6, 6.07) is 1.64. The highest BCUT2D eigenvalue weighted by atomic mass is 32.2. The fraction of sp³-hybridized carbons (Fsp3) is 0.714. The molecule has 0 aromatic carbocycles. The van der Waals surface area contributed by atoms with E-state index in [-0.39, 0.29) is 22.6 Å². The summed E-state index contributed by atoms with van der Waals surface area (Å²) in [6.07, 6.45) is 2.05. The first-order valence-corrected chi connectivity index (χ1v) is 11.4. The molecule has 2 unspecified atom stereocenters. The van der Waals surface area contributed by atoms with Crippen LogP contribution in [0.2, 0.25) is 0 Å². The van der Waals surface area contributed by atoms with E-state index in [2.05, 4.69) is 9.97 Å². The largest absolute Gasteiger partial charge is 0.377 e. The van der Waals surface area contributed by atoms with E-state index in [1.165, 1.54) is 0 Å². The molecule has 24 heavy (non-hydrogen) atoms. The van der Waals surface area contributed by atoms with Crippen molar-refractivity contribution in [1.29, 1.82) is 0 Å². The Labute approximate surface area is 142 Å². The lowest BCUT2D eigenvalue weighted by atomic mass is 10.2. The third-order valence-corrected chi connectivity index (χ3v) is 7.41. The summed E-state index contributed by atoms with van der Waals surface area (Å²) >= 11 is 0. The zero-order valence-corrected chi connectivity index (χ0v) is 15.3. The standard InChI is InChI=1S/C14H21N3O5S2/c1-10-9-22-6-5-17(10)13-8-11(12-4-3-7-24(12,20)21)15-14(16-13)23(2,18)19/h8,10,12H,3-7,9H2,1-2H3. The average molecular weight is 375 g/mol. The lowest BCUT2D eigenvalue weighted by molar-refractivity contribution is 0.0984. The van der Waals surface area contributed by atoms with Crippen LogP contribution in [0.3, 0.4) is 0 Å². The molecule has 0 amide bonds. The Morgan fingerprint density at radius 1 is 1.33 bits per heavy atom. The molecule has 8 nitrogen and oxygen atoms in total. The highest BCUT2D eigenvalue weighted by Gasteiger charge is 2.35. The highest BCUT2D eigenvalue weighted by molar-refractivity contribution is 7.92. The van der Waals surface area contributed by atoms with Crippen LogP contribution in [0, 0.1) is 0 Å². The van der Waals surface area contributed by atoms with Gasteiger partial charge < -0.3 is 9.64 Å². The van der Waals surface area contributed by atoms with Crippen molar-refractivity contribution in [2.24, 2.45) is 0 Å². The third kappa shape index (κ3) is 3.40. The molecule has 0 spiro atoms. The first-order valence-electron chi connectivity index (χ1n) is 7.83. The second kappa shape index (κ2) is 6.23. The van der Waals surface area contributed by atoms with E-state index >= 15 is 0 Å². The van der Waals surface area contributed by atoms with E-state index < -0.39 is 24.9 Å². The number of anilines is 1. The zero-order chi connectivity index (χ0) is 17.5. The van der Waals surface area contributed by atoms with Gasteiger partial charge in [0.15, 0.2) is 9.84 Å². The highest BCUT2D eigenvalue weighted by Crippen LogP contribution is 2.35. The Morgan fingerprint density at radius 3 is 2.67 bits per heavy atom. The molecule has 0 bridgehead atoms. The van der Waals surface area contributed by atoms with Crippen LogP contribution in [0.25, 0.3) is 0 Å². The molecule has 0 aliphatic carbocycles. The maximum Gasteiger partial charge on any atom is 0.249 e. The molecule has 2 aliphatic heterocycles. The predicted octanol–water partition coefficient (Wildman–Crippen LogP) is 0.355. The second-order valence-electron chi connectivity index (χ2n) is 6.32. The van der Waals surface area contributed by atoms with Crippen molar-refractivity contribution in [2.75, 3.05) is 36.7 Å². The molecule has 1 aromatic heterocycles. The van der Waals surface area contributed by atoms with Gasteiger partial charge in [-0.15, -0.1) is 0 Å². The SMILES string of the molecule is CC1COCCN1c1cc(C2CCCS2(=O)=O)nc(S(C)(=O)=O)n1. The molecule has 0 saturated carbocycles. The van der Waals surface area contributed by atoms with Crippen molar-refractivity contribution >= 4 is 25.5 Å². The molecule has 1 aromatic rings. The Balaban J connectivity index is 2.11. The monoisotopic (exact) mass is 375 g/mol. The number of hydrogen-bond acceptors (Lipinski definition) is 8. The second-order valence-corrected chi connectivity index (χ2v) is 10.5. The van der Waals surface area contributed by atoms with Crippen molar-refractivity contribution < 1.29 is 21.6 Å². The van der Waals surface area contributed by atoms with E-state index in [4.69, 9.17) is 4.74 Å². The minimum Gasteiger partial charge on any atom is -0.377 e. The van der Waals surface area contributed by atoms with Gasteiger partial charge in [-0.2, -0.15) is 0 Å². The Bertz CT molecular complexity index is 838. The fourth-order valence-electron chi connectivity index (χ4n) is 3.10. The first-order chi connectivity index (χ1) is 11.2. The molecule has 134 valence electrons. The van der Waals surface area contributed by atoms with Crippen LogP contribution >= 0.6 is 0 Å². The molecular formula is C14H21N3O5S2. The Morgan fingerprint density at radius 2 is 2.08 bits per heavy atom. The molecule has 0 N–H and O–H groups in total. The molecule has 2 saturated heterocycles. The summed E-state index contributed by atoms with van der Waals surface area (Å²) in [7, 11) is -6.94. The lowest BCUT2D eigenvalue weighted by Crippen LogP contribution is -2.44. The minimum absolute atomic E-state index is 0.0223. The van der Waals surface area contributed by atoms with Crippen molar-refractivity contribution in [2.45, 2.75) is 36.2 Å². The van der Waals surface area contributed by atoms with Gasteiger partial charge in [0.2, 0.25) is 15.0 Å². The number of nitrogens with zero attached hydrogens (tertiary/aromatic N) is 3. The van der Waals surface area contributed by atoms with Gasteiger partial charge in [0, 0.05) is 18.9 Å². The van der Waals surface area contributed by atoms with E-state index in [1.54, 1.807) is 6.07 Å². The summed E-state index contributed by atoms with van der Waals surface area (Å²) in [5.41, 5.74) is 0.275. The third-order valence-electron chi connectivity index (χ3n) is 4.36. The number of ether oxygens (including phenoxy) is 1. The summed E-state index contributed by atoms with van der Waals surface area (Å²) in [4.78, 5) is 10.2. The Hall–Kier alpha value is -1.26. The maximum atomic E-state index is 12.2. The molecule has 2 aliphatic rings. The van der Waals surface area contributed by atoms with Crippen LogP contribution in [-0.4, -0.2) is 64.6 Å². The van der Waals surface area contributed by atoms with Crippen LogP contribution in [0.1, 0.15) is 30.7 Å². The van der Waals surface area contributed by atoms with Crippen LogP contribution in [-0.2, 0) is 24.4 Å². The van der Waals surface area contributed by atoms with E-state index in [9.17, 15) is 16.8 Å². The molecule has 2 fully saturated rings. The smallest absolute Gasteiger partial charge is 0.249 e. The van der Waals surface area contributed by atoms with Gasteiger partial charge in [-0.1, -0.05) is 0 Å².